The predicted molar refractivity (Wildman–Crippen MR) is 102 cm³/mol. The maximum atomic E-state index is 13.6. The zero-order valence-corrected chi connectivity index (χ0v) is 14.9. The number of halogens is 1. The van der Waals surface area contributed by atoms with Crippen LogP contribution in [0.3, 0.4) is 0 Å². The molecule has 6 nitrogen and oxygen atoms in total. The zero-order valence-electron chi connectivity index (χ0n) is 14.0. The molecule has 4 rings (SSSR count). The first kappa shape index (κ1) is 17.2. The molecule has 8 heteroatoms. The molecule has 0 bridgehead atoms. The molecule has 1 amide bonds. The van der Waals surface area contributed by atoms with Crippen LogP contribution in [0.2, 0.25) is 0 Å². The van der Waals surface area contributed by atoms with Gasteiger partial charge in [0.2, 0.25) is 11.1 Å². The van der Waals surface area contributed by atoms with Crippen molar-refractivity contribution in [3.63, 3.8) is 0 Å². The summed E-state index contributed by atoms with van der Waals surface area (Å²) >= 11 is 1.19. The van der Waals surface area contributed by atoms with E-state index in [1.165, 1.54) is 23.9 Å². The van der Waals surface area contributed by atoms with Gasteiger partial charge in [0.15, 0.2) is 5.65 Å². The van der Waals surface area contributed by atoms with Crippen molar-refractivity contribution in [2.24, 2.45) is 0 Å². The number of benzene rings is 2. The Bertz CT molecular complexity index is 1100. The van der Waals surface area contributed by atoms with Crippen LogP contribution in [0.25, 0.3) is 16.9 Å². The molecule has 2 heterocycles. The number of carbonyl (C=O) groups is 1. The molecule has 0 saturated heterocycles. The molecule has 0 fully saturated rings. The number of thioether (sulfide) groups is 1. The Balaban J connectivity index is 1.50. The van der Waals surface area contributed by atoms with Crippen molar-refractivity contribution in [3.05, 3.63) is 72.5 Å². The third-order valence-corrected chi connectivity index (χ3v) is 4.70. The quantitative estimate of drug-likeness (QED) is 0.536. The van der Waals surface area contributed by atoms with Crippen LogP contribution in [0.1, 0.15) is 0 Å². The van der Waals surface area contributed by atoms with E-state index >= 15 is 0 Å². The monoisotopic (exact) mass is 379 g/mol. The number of anilines is 1. The van der Waals surface area contributed by atoms with Gasteiger partial charge in [-0.25, -0.2) is 4.39 Å². The molecule has 0 spiro atoms. The molecule has 0 radical (unpaired) electrons. The van der Waals surface area contributed by atoms with Gasteiger partial charge < -0.3 is 5.32 Å². The van der Waals surface area contributed by atoms with Crippen molar-refractivity contribution >= 4 is 29.0 Å². The molecule has 0 aliphatic rings. The van der Waals surface area contributed by atoms with Crippen molar-refractivity contribution in [2.45, 2.75) is 5.16 Å². The van der Waals surface area contributed by atoms with E-state index in [0.717, 1.165) is 11.3 Å². The van der Waals surface area contributed by atoms with E-state index in [2.05, 4.69) is 20.6 Å². The number of para-hydroxylation sites is 1. The number of hydrogen-bond donors (Lipinski definition) is 1. The summed E-state index contributed by atoms with van der Waals surface area (Å²) in [5, 5.41) is 15.8. The molecule has 2 aromatic carbocycles. The van der Waals surface area contributed by atoms with Crippen LogP contribution in [-0.2, 0) is 4.79 Å². The summed E-state index contributed by atoms with van der Waals surface area (Å²) in [5.41, 5.74) is 2.49. The molecule has 0 saturated carbocycles. The van der Waals surface area contributed by atoms with E-state index in [9.17, 15) is 9.18 Å². The summed E-state index contributed by atoms with van der Waals surface area (Å²) in [6, 6.07) is 19.5. The van der Waals surface area contributed by atoms with Gasteiger partial charge in [-0.15, -0.1) is 10.2 Å². The highest BCUT2D eigenvalue weighted by molar-refractivity contribution is 7.99. The molecule has 2 aromatic heterocycles. The lowest BCUT2D eigenvalue weighted by Crippen LogP contribution is -2.15. The lowest BCUT2D eigenvalue weighted by atomic mass is 10.1. The Labute approximate surface area is 158 Å². The highest BCUT2D eigenvalue weighted by atomic mass is 32.2. The highest BCUT2D eigenvalue weighted by Crippen LogP contribution is 2.21. The minimum Gasteiger partial charge on any atom is -0.323 e. The van der Waals surface area contributed by atoms with E-state index in [-0.39, 0.29) is 17.3 Å². The largest absolute Gasteiger partial charge is 0.323 e. The first-order chi connectivity index (χ1) is 13.2. The molecular formula is C19H14FN5OS. The second kappa shape index (κ2) is 7.55. The number of rotatable bonds is 5. The molecule has 1 N–H and O–H groups in total. The van der Waals surface area contributed by atoms with E-state index in [1.54, 1.807) is 16.6 Å². The Morgan fingerprint density at radius 2 is 1.78 bits per heavy atom. The second-order valence-electron chi connectivity index (χ2n) is 5.65. The topological polar surface area (TPSA) is 72.2 Å². The van der Waals surface area contributed by atoms with E-state index in [0.29, 0.717) is 10.8 Å². The van der Waals surface area contributed by atoms with Crippen LogP contribution < -0.4 is 5.32 Å². The van der Waals surface area contributed by atoms with Gasteiger partial charge in [0.1, 0.15) is 5.82 Å². The lowest BCUT2D eigenvalue weighted by Gasteiger charge is -2.05. The Hall–Kier alpha value is -3.26. The molecule has 0 unspecified atom stereocenters. The van der Waals surface area contributed by atoms with Crippen LogP contribution in [0, 0.1) is 5.82 Å². The Morgan fingerprint density at radius 3 is 2.59 bits per heavy atom. The molecule has 134 valence electrons. The lowest BCUT2D eigenvalue weighted by molar-refractivity contribution is -0.113. The molecular weight excluding hydrogens is 365 g/mol. The van der Waals surface area contributed by atoms with Crippen molar-refractivity contribution in [3.8, 4) is 11.3 Å². The number of carbonyl (C=O) groups excluding carboxylic acids is 1. The fraction of sp³-hybridized carbons (Fsp3) is 0.0526. The van der Waals surface area contributed by atoms with Gasteiger partial charge in [0, 0.05) is 5.56 Å². The molecule has 0 aliphatic heterocycles. The number of amides is 1. The second-order valence-corrected chi connectivity index (χ2v) is 6.60. The van der Waals surface area contributed by atoms with Gasteiger partial charge in [0.05, 0.1) is 17.1 Å². The van der Waals surface area contributed by atoms with Crippen molar-refractivity contribution in [1.82, 2.24) is 19.8 Å². The smallest absolute Gasteiger partial charge is 0.234 e. The zero-order chi connectivity index (χ0) is 18.6. The van der Waals surface area contributed by atoms with E-state index < -0.39 is 5.82 Å². The third kappa shape index (κ3) is 3.80. The number of nitrogens with one attached hydrogen (secondary N) is 1. The first-order valence-corrected chi connectivity index (χ1v) is 9.14. The first-order valence-electron chi connectivity index (χ1n) is 8.16. The number of fused-ring (bicyclic) bond motifs is 1. The standard InChI is InChI=1S/C19H14FN5OS/c20-14-8-4-5-9-16(14)21-18(26)12-27-19-23-22-17-11-10-15(24-25(17)19)13-6-2-1-3-7-13/h1-11H,12H2,(H,21,26). The van der Waals surface area contributed by atoms with Gasteiger partial charge in [0.25, 0.3) is 0 Å². The summed E-state index contributed by atoms with van der Waals surface area (Å²) in [4.78, 5) is 12.1. The van der Waals surface area contributed by atoms with Gasteiger partial charge in [-0.3, -0.25) is 4.79 Å². The van der Waals surface area contributed by atoms with E-state index in [1.807, 2.05) is 42.5 Å². The Kier molecular flexibility index (Phi) is 4.80. The Morgan fingerprint density at radius 1 is 1.00 bits per heavy atom. The van der Waals surface area contributed by atoms with Crippen LogP contribution in [0.5, 0.6) is 0 Å². The highest BCUT2D eigenvalue weighted by Gasteiger charge is 2.12. The van der Waals surface area contributed by atoms with Crippen molar-refractivity contribution in [1.29, 1.82) is 0 Å². The van der Waals surface area contributed by atoms with Gasteiger partial charge in [-0.1, -0.05) is 54.2 Å². The molecule has 4 aromatic rings. The summed E-state index contributed by atoms with van der Waals surface area (Å²) in [6.45, 7) is 0. The number of hydrogen-bond acceptors (Lipinski definition) is 5. The minimum absolute atomic E-state index is 0.0619. The number of nitrogens with zero attached hydrogens (tertiary/aromatic N) is 4. The molecule has 27 heavy (non-hydrogen) atoms. The van der Waals surface area contributed by atoms with Crippen molar-refractivity contribution in [2.75, 3.05) is 11.1 Å². The van der Waals surface area contributed by atoms with Gasteiger partial charge >= 0.3 is 0 Å². The van der Waals surface area contributed by atoms with Gasteiger partial charge in [-0.05, 0) is 24.3 Å². The number of aromatic nitrogens is 4. The molecule has 0 aliphatic carbocycles. The SMILES string of the molecule is O=C(CSc1nnc2ccc(-c3ccccc3)nn12)Nc1ccccc1F. The summed E-state index contributed by atoms with van der Waals surface area (Å²) < 4.78 is 15.2. The summed E-state index contributed by atoms with van der Waals surface area (Å²) in [6.07, 6.45) is 0. The average Bonchev–Trinajstić information content (AvgIpc) is 3.11. The van der Waals surface area contributed by atoms with Crippen LogP contribution in [0.4, 0.5) is 10.1 Å². The van der Waals surface area contributed by atoms with Crippen LogP contribution >= 0.6 is 11.8 Å². The average molecular weight is 379 g/mol. The van der Waals surface area contributed by atoms with Crippen LogP contribution in [-0.4, -0.2) is 31.5 Å². The molecule has 0 atom stereocenters. The maximum Gasteiger partial charge on any atom is 0.234 e. The van der Waals surface area contributed by atoms with Crippen molar-refractivity contribution < 1.29 is 9.18 Å². The maximum absolute atomic E-state index is 13.6. The normalized spacial score (nSPS) is 10.9. The fourth-order valence-corrected chi connectivity index (χ4v) is 3.19. The fourth-order valence-electron chi connectivity index (χ4n) is 2.50. The predicted octanol–water partition coefficient (Wildman–Crippen LogP) is 3.66. The van der Waals surface area contributed by atoms with Crippen LogP contribution in [0.15, 0.2) is 71.9 Å². The summed E-state index contributed by atoms with van der Waals surface area (Å²) in [7, 11) is 0. The third-order valence-electron chi connectivity index (χ3n) is 3.78. The summed E-state index contributed by atoms with van der Waals surface area (Å²) in [5.74, 6) is -0.745. The van der Waals surface area contributed by atoms with Gasteiger partial charge in [-0.2, -0.15) is 9.61 Å². The minimum atomic E-state index is -0.474. The van der Waals surface area contributed by atoms with E-state index in [4.69, 9.17) is 0 Å².